The highest BCUT2D eigenvalue weighted by molar-refractivity contribution is 5.97. The number of aromatic nitrogens is 2. The summed E-state index contributed by atoms with van der Waals surface area (Å²) in [6.45, 7) is 3.95. The third-order valence-electron chi connectivity index (χ3n) is 3.47. The minimum Gasteiger partial charge on any atom is -0.396 e. The van der Waals surface area contributed by atoms with Gasteiger partial charge in [-0.3, -0.25) is 9.48 Å². The first-order chi connectivity index (χ1) is 8.59. The average molecular weight is 251 g/mol. The van der Waals surface area contributed by atoms with Crippen LogP contribution in [0, 0.1) is 0 Å². The number of hydrogen-bond acceptors (Lipinski definition) is 4. The van der Waals surface area contributed by atoms with Crippen molar-refractivity contribution in [2.24, 2.45) is 7.05 Å². The highest BCUT2D eigenvalue weighted by Crippen LogP contribution is 2.12. The number of carbonyl (C=O) groups excluding carboxylic acids is 1. The van der Waals surface area contributed by atoms with Gasteiger partial charge in [-0.15, -0.1) is 0 Å². The number of anilines is 1. The molecule has 0 radical (unpaired) electrons. The minimum atomic E-state index is -0.0632. The van der Waals surface area contributed by atoms with E-state index in [4.69, 9.17) is 5.73 Å². The molecule has 1 aliphatic rings. The van der Waals surface area contributed by atoms with Crippen LogP contribution in [-0.4, -0.2) is 58.7 Å². The maximum atomic E-state index is 12.2. The molecule has 18 heavy (non-hydrogen) atoms. The summed E-state index contributed by atoms with van der Waals surface area (Å²) in [6.07, 6.45) is 4.06. The smallest absolute Gasteiger partial charge is 0.274 e. The van der Waals surface area contributed by atoms with Crippen molar-refractivity contribution in [3.8, 4) is 0 Å². The molecule has 0 bridgehead atoms. The Morgan fingerprint density at radius 2 is 2.17 bits per heavy atom. The summed E-state index contributed by atoms with van der Waals surface area (Å²) in [7, 11) is 3.54. The largest absolute Gasteiger partial charge is 0.396 e. The van der Waals surface area contributed by atoms with Crippen LogP contribution in [0.5, 0.6) is 0 Å². The summed E-state index contributed by atoms with van der Waals surface area (Å²) in [6, 6.07) is 0. The van der Waals surface area contributed by atoms with Crippen molar-refractivity contribution in [1.82, 2.24) is 19.6 Å². The number of nitrogens with two attached hydrogens (primary N) is 1. The lowest BCUT2D eigenvalue weighted by atomic mass is 10.3. The molecule has 100 valence electrons. The fourth-order valence-corrected chi connectivity index (χ4v) is 2.30. The molecule has 1 aliphatic heterocycles. The molecule has 2 rings (SSSR count). The maximum Gasteiger partial charge on any atom is 0.274 e. The van der Waals surface area contributed by atoms with Crippen LogP contribution < -0.4 is 5.73 Å². The number of nitrogen functional groups attached to an aromatic ring is 1. The van der Waals surface area contributed by atoms with E-state index < -0.39 is 0 Å². The van der Waals surface area contributed by atoms with Crippen LogP contribution in [0.4, 0.5) is 5.69 Å². The van der Waals surface area contributed by atoms with Crippen LogP contribution in [0.3, 0.4) is 0 Å². The van der Waals surface area contributed by atoms with Gasteiger partial charge in [-0.2, -0.15) is 5.10 Å². The fourth-order valence-electron chi connectivity index (χ4n) is 2.30. The molecule has 2 heterocycles. The van der Waals surface area contributed by atoms with E-state index in [1.54, 1.807) is 11.9 Å². The van der Waals surface area contributed by atoms with Crippen LogP contribution in [0.25, 0.3) is 0 Å². The van der Waals surface area contributed by atoms with Gasteiger partial charge in [0.05, 0.1) is 11.9 Å². The first-order valence-corrected chi connectivity index (χ1v) is 6.35. The predicted octanol–water partition coefficient (Wildman–Crippen LogP) is 0.170. The summed E-state index contributed by atoms with van der Waals surface area (Å²) in [4.78, 5) is 16.3. The van der Waals surface area contributed by atoms with Gasteiger partial charge < -0.3 is 15.5 Å². The quantitative estimate of drug-likeness (QED) is 0.828. The van der Waals surface area contributed by atoms with Crippen LogP contribution in [0.1, 0.15) is 23.3 Å². The zero-order valence-corrected chi connectivity index (χ0v) is 11.1. The summed E-state index contributed by atoms with van der Waals surface area (Å²) in [5.41, 5.74) is 6.67. The third-order valence-corrected chi connectivity index (χ3v) is 3.47. The standard InChI is InChI=1S/C12H21N5O/c1-15(7-8-17-5-3-4-6-17)12(18)11-10(13)9-14-16(11)2/h9H,3-8,13H2,1-2H3. The second kappa shape index (κ2) is 5.39. The van der Waals surface area contributed by atoms with Gasteiger partial charge in [0.15, 0.2) is 0 Å². The number of likely N-dealkylation sites (tertiary alicyclic amines) is 1. The Morgan fingerprint density at radius 1 is 1.50 bits per heavy atom. The molecule has 1 aromatic heterocycles. The van der Waals surface area contributed by atoms with Crippen molar-refractivity contribution < 1.29 is 4.79 Å². The van der Waals surface area contributed by atoms with Gasteiger partial charge >= 0.3 is 0 Å². The van der Waals surface area contributed by atoms with E-state index in [1.165, 1.54) is 23.7 Å². The molecule has 1 aromatic rings. The Bertz CT molecular complexity index is 403. The van der Waals surface area contributed by atoms with Gasteiger partial charge in [0.25, 0.3) is 5.91 Å². The number of nitrogens with zero attached hydrogens (tertiary/aromatic N) is 4. The summed E-state index contributed by atoms with van der Waals surface area (Å²) in [5.74, 6) is -0.0632. The number of likely N-dealkylation sites (N-methyl/N-ethyl adjacent to an activating group) is 1. The van der Waals surface area contributed by atoms with Crippen molar-refractivity contribution in [2.75, 3.05) is 39.0 Å². The zero-order valence-electron chi connectivity index (χ0n) is 11.1. The lowest BCUT2D eigenvalue weighted by Crippen LogP contribution is -2.36. The highest BCUT2D eigenvalue weighted by Gasteiger charge is 2.20. The molecule has 2 N–H and O–H groups in total. The molecule has 0 spiro atoms. The first kappa shape index (κ1) is 12.9. The van der Waals surface area contributed by atoms with E-state index in [2.05, 4.69) is 10.00 Å². The monoisotopic (exact) mass is 251 g/mol. The van der Waals surface area contributed by atoms with Crippen LogP contribution in [0.15, 0.2) is 6.20 Å². The Balaban J connectivity index is 1.92. The molecule has 0 atom stereocenters. The average Bonchev–Trinajstić information content (AvgIpc) is 2.96. The van der Waals surface area contributed by atoms with Crippen molar-refractivity contribution in [3.63, 3.8) is 0 Å². The Kier molecular flexibility index (Phi) is 3.86. The number of hydrogen-bond donors (Lipinski definition) is 1. The normalized spacial score (nSPS) is 16.1. The lowest BCUT2D eigenvalue weighted by molar-refractivity contribution is 0.0772. The van der Waals surface area contributed by atoms with E-state index in [0.717, 1.165) is 26.2 Å². The molecule has 1 amide bonds. The van der Waals surface area contributed by atoms with E-state index in [0.29, 0.717) is 11.4 Å². The molecule has 6 nitrogen and oxygen atoms in total. The van der Waals surface area contributed by atoms with E-state index >= 15 is 0 Å². The zero-order chi connectivity index (χ0) is 13.1. The molecule has 0 saturated carbocycles. The number of rotatable bonds is 4. The Morgan fingerprint density at radius 3 is 2.72 bits per heavy atom. The van der Waals surface area contributed by atoms with Crippen molar-refractivity contribution in [3.05, 3.63) is 11.9 Å². The van der Waals surface area contributed by atoms with Crippen LogP contribution in [-0.2, 0) is 7.05 Å². The fraction of sp³-hybridized carbons (Fsp3) is 0.667. The van der Waals surface area contributed by atoms with Gasteiger partial charge in [0.1, 0.15) is 5.69 Å². The van der Waals surface area contributed by atoms with Crippen molar-refractivity contribution >= 4 is 11.6 Å². The number of carbonyl (C=O) groups is 1. The van der Waals surface area contributed by atoms with Crippen molar-refractivity contribution in [2.45, 2.75) is 12.8 Å². The minimum absolute atomic E-state index is 0.0632. The molecule has 1 fully saturated rings. The second-order valence-corrected chi connectivity index (χ2v) is 4.85. The second-order valence-electron chi connectivity index (χ2n) is 4.85. The summed E-state index contributed by atoms with van der Waals surface area (Å²) >= 11 is 0. The van der Waals surface area contributed by atoms with E-state index in [-0.39, 0.29) is 5.91 Å². The maximum absolute atomic E-state index is 12.2. The SMILES string of the molecule is CN(CCN1CCCC1)C(=O)c1c(N)cnn1C. The Labute approximate surface area is 107 Å². The number of amides is 1. The Hall–Kier alpha value is -1.56. The van der Waals surface area contributed by atoms with E-state index in [9.17, 15) is 4.79 Å². The summed E-state index contributed by atoms with van der Waals surface area (Å²) < 4.78 is 1.53. The summed E-state index contributed by atoms with van der Waals surface area (Å²) in [5, 5.41) is 3.99. The number of aryl methyl sites for hydroxylation is 1. The molecular weight excluding hydrogens is 230 g/mol. The van der Waals surface area contributed by atoms with Crippen LogP contribution in [0.2, 0.25) is 0 Å². The predicted molar refractivity (Wildman–Crippen MR) is 70.3 cm³/mol. The van der Waals surface area contributed by atoms with Crippen LogP contribution >= 0.6 is 0 Å². The molecule has 0 aliphatic carbocycles. The van der Waals surface area contributed by atoms with Gasteiger partial charge in [0, 0.05) is 27.2 Å². The molecule has 1 saturated heterocycles. The van der Waals surface area contributed by atoms with Gasteiger partial charge in [0.2, 0.25) is 0 Å². The van der Waals surface area contributed by atoms with Gasteiger partial charge in [-0.05, 0) is 25.9 Å². The molecule has 0 aromatic carbocycles. The molecule has 6 heteroatoms. The first-order valence-electron chi connectivity index (χ1n) is 6.35. The van der Waals surface area contributed by atoms with E-state index in [1.807, 2.05) is 7.05 Å². The third kappa shape index (κ3) is 2.64. The molecule has 0 unspecified atom stereocenters. The molecular formula is C12H21N5O. The lowest BCUT2D eigenvalue weighted by Gasteiger charge is -2.21. The highest BCUT2D eigenvalue weighted by atomic mass is 16.2. The van der Waals surface area contributed by atoms with Crippen molar-refractivity contribution in [1.29, 1.82) is 0 Å². The van der Waals surface area contributed by atoms with Gasteiger partial charge in [-0.25, -0.2) is 0 Å². The van der Waals surface area contributed by atoms with Gasteiger partial charge in [-0.1, -0.05) is 0 Å². The topological polar surface area (TPSA) is 67.4 Å².